The molecular weight excluding hydrogens is 781 g/mol. The molecule has 1 aliphatic heterocycles. The lowest BCUT2D eigenvalue weighted by Gasteiger charge is -2.22. The van der Waals surface area contributed by atoms with Crippen LogP contribution in [0, 0.1) is 10.7 Å². The number of nitrogens with zero attached hydrogens (tertiary/aromatic N) is 1. The molecule has 168 valence electrons. The van der Waals surface area contributed by atoms with Gasteiger partial charge in [-0.3, -0.25) is 9.59 Å². The quantitative estimate of drug-likeness (QED) is 0.194. The summed E-state index contributed by atoms with van der Waals surface area (Å²) in [4.78, 5) is 39.3. The second-order valence-corrected chi connectivity index (χ2v) is 11.6. The van der Waals surface area contributed by atoms with Gasteiger partial charge in [-0.2, -0.15) is 8.78 Å². The highest BCUT2D eigenvalue weighted by atomic mass is 127. The van der Waals surface area contributed by atoms with Gasteiger partial charge in [0.15, 0.2) is 16.7 Å². The monoisotopic (exact) mass is 792 g/mol. The first-order chi connectivity index (χ1) is 14.3. The van der Waals surface area contributed by atoms with Crippen molar-refractivity contribution in [2.75, 3.05) is 11.5 Å². The van der Waals surface area contributed by atoms with Gasteiger partial charge in [0.05, 0.1) is 14.8 Å². The van der Waals surface area contributed by atoms with Gasteiger partial charge in [-0.05, 0) is 99.5 Å². The second-order valence-electron chi connectivity index (χ2n) is 6.66. The van der Waals surface area contributed by atoms with E-state index in [0.717, 1.165) is 17.7 Å². The topological polar surface area (TPSA) is 121 Å². The average molecular weight is 792 g/mol. The Labute approximate surface area is 216 Å². The summed E-state index contributed by atoms with van der Waals surface area (Å²) in [6.07, 6.45) is 2.51. The Morgan fingerprint density at radius 3 is 2.10 bits per heavy atom. The largest absolute Gasteiger partial charge is 0.743 e. The fourth-order valence-electron chi connectivity index (χ4n) is 3.21. The lowest BCUT2D eigenvalue weighted by Crippen LogP contribution is -2.35. The highest BCUT2D eigenvalue weighted by Gasteiger charge is 2.43. The number of hydrogen-bond donors (Lipinski definition) is 0. The first-order valence-electron chi connectivity index (χ1n) is 8.56. The minimum Gasteiger partial charge on any atom is -0.743 e. The Kier molecular flexibility index (Phi) is 7.35. The standard InChI is InChI=1S/C17H12F2I3NO7S/c18-17(19,31(27,28)29)6-30-16(26)11-9(20)5-10(21)13(12(11)22)23-14(24)7-3-1-2-4-8(7)15(23)25/h5H,1-4,6H2,(H,27,28,29)/p-1. The molecule has 31 heavy (non-hydrogen) atoms. The van der Waals surface area contributed by atoms with Crippen molar-refractivity contribution in [3.63, 3.8) is 0 Å². The highest BCUT2D eigenvalue weighted by molar-refractivity contribution is 14.1. The van der Waals surface area contributed by atoms with Gasteiger partial charge in [0.25, 0.3) is 11.8 Å². The molecule has 1 aromatic rings. The molecule has 0 bridgehead atoms. The number of carbonyl (C=O) groups excluding carboxylic acids is 3. The van der Waals surface area contributed by atoms with Crippen LogP contribution in [0.1, 0.15) is 36.0 Å². The summed E-state index contributed by atoms with van der Waals surface area (Å²) >= 11 is 5.35. The van der Waals surface area contributed by atoms with Crippen molar-refractivity contribution in [3.8, 4) is 0 Å². The van der Waals surface area contributed by atoms with E-state index < -0.39 is 39.8 Å². The number of ether oxygens (including phenoxy) is 1. The van der Waals surface area contributed by atoms with E-state index in [1.54, 1.807) is 45.2 Å². The summed E-state index contributed by atoms with van der Waals surface area (Å²) < 4.78 is 63.9. The Bertz CT molecular complexity index is 1120. The van der Waals surface area contributed by atoms with Gasteiger partial charge in [-0.1, -0.05) is 0 Å². The van der Waals surface area contributed by atoms with Crippen molar-refractivity contribution < 1.29 is 40.9 Å². The summed E-state index contributed by atoms with van der Waals surface area (Å²) in [5.41, 5.74) is 0.777. The number of imide groups is 1. The lowest BCUT2D eigenvalue weighted by molar-refractivity contribution is -0.120. The van der Waals surface area contributed by atoms with Crippen LogP contribution < -0.4 is 4.90 Å². The first kappa shape index (κ1) is 25.2. The summed E-state index contributed by atoms with van der Waals surface area (Å²) in [5, 5.41) is -4.80. The third-order valence-corrected chi connectivity index (χ3v) is 8.27. The molecule has 14 heteroatoms. The van der Waals surface area contributed by atoms with E-state index >= 15 is 0 Å². The van der Waals surface area contributed by atoms with Crippen LogP contribution in [0.25, 0.3) is 0 Å². The van der Waals surface area contributed by atoms with E-state index in [-0.39, 0.29) is 18.4 Å². The van der Waals surface area contributed by atoms with E-state index in [1.165, 1.54) is 6.07 Å². The van der Waals surface area contributed by atoms with Gasteiger partial charge in [0.1, 0.15) is 0 Å². The Morgan fingerprint density at radius 1 is 1.10 bits per heavy atom. The molecule has 0 saturated carbocycles. The Morgan fingerprint density at radius 2 is 1.61 bits per heavy atom. The molecule has 0 aromatic heterocycles. The molecule has 0 fully saturated rings. The molecule has 0 saturated heterocycles. The van der Waals surface area contributed by atoms with Gasteiger partial charge >= 0.3 is 11.2 Å². The van der Waals surface area contributed by atoms with Crippen LogP contribution in [-0.2, 0) is 24.4 Å². The van der Waals surface area contributed by atoms with E-state index in [2.05, 4.69) is 4.74 Å². The molecule has 0 spiro atoms. The molecule has 0 radical (unpaired) electrons. The van der Waals surface area contributed by atoms with Gasteiger partial charge < -0.3 is 9.29 Å². The van der Waals surface area contributed by atoms with E-state index in [4.69, 9.17) is 0 Å². The first-order valence-corrected chi connectivity index (χ1v) is 13.2. The van der Waals surface area contributed by atoms with Crippen LogP contribution >= 0.6 is 67.8 Å². The lowest BCUT2D eigenvalue weighted by atomic mass is 9.93. The highest BCUT2D eigenvalue weighted by Crippen LogP contribution is 2.41. The number of rotatable bonds is 5. The van der Waals surface area contributed by atoms with Crippen LogP contribution in [0.15, 0.2) is 17.2 Å². The van der Waals surface area contributed by atoms with Crippen LogP contribution in [0.4, 0.5) is 14.5 Å². The zero-order valence-electron chi connectivity index (χ0n) is 15.2. The van der Waals surface area contributed by atoms with Crippen molar-refractivity contribution in [3.05, 3.63) is 33.5 Å². The molecule has 8 nitrogen and oxygen atoms in total. The number of hydrogen-bond acceptors (Lipinski definition) is 7. The van der Waals surface area contributed by atoms with Crippen molar-refractivity contribution in [2.24, 2.45) is 0 Å². The zero-order chi connectivity index (χ0) is 23.3. The van der Waals surface area contributed by atoms with Crippen molar-refractivity contribution in [2.45, 2.75) is 30.9 Å². The van der Waals surface area contributed by atoms with Crippen LogP contribution in [0.3, 0.4) is 0 Å². The van der Waals surface area contributed by atoms with Gasteiger partial charge in [0.2, 0.25) is 0 Å². The van der Waals surface area contributed by atoms with Crippen LogP contribution in [0.2, 0.25) is 0 Å². The van der Waals surface area contributed by atoms with Crippen LogP contribution in [0.5, 0.6) is 0 Å². The maximum atomic E-state index is 13.4. The number of amides is 2. The molecule has 3 rings (SSSR count). The molecule has 2 amide bonds. The zero-order valence-corrected chi connectivity index (χ0v) is 22.5. The smallest absolute Gasteiger partial charge is 0.367 e. The molecule has 0 N–H and O–H groups in total. The molecule has 1 aliphatic carbocycles. The minimum atomic E-state index is -6.02. The second kappa shape index (κ2) is 9.05. The Hall–Kier alpha value is -0.470. The number of halogens is 5. The normalized spacial score (nSPS) is 17.3. The molecule has 0 unspecified atom stereocenters. The van der Waals surface area contributed by atoms with Gasteiger partial charge in [0, 0.05) is 18.3 Å². The predicted molar refractivity (Wildman–Crippen MR) is 128 cm³/mol. The number of alkyl halides is 2. The number of benzene rings is 1. The van der Waals surface area contributed by atoms with Crippen molar-refractivity contribution >= 4 is 101 Å². The fraction of sp³-hybridized carbons (Fsp3) is 0.353. The summed E-state index contributed by atoms with van der Waals surface area (Å²) in [5.74, 6) is -2.29. The summed E-state index contributed by atoms with van der Waals surface area (Å²) in [6.45, 7) is -1.96. The Balaban J connectivity index is 1.99. The fourth-order valence-corrected chi connectivity index (χ4v) is 7.71. The predicted octanol–water partition coefficient (Wildman–Crippen LogP) is 3.54. The van der Waals surface area contributed by atoms with Crippen molar-refractivity contribution in [1.82, 2.24) is 0 Å². The third-order valence-electron chi connectivity index (χ3n) is 4.70. The van der Waals surface area contributed by atoms with E-state index in [1.807, 2.05) is 22.6 Å². The minimum absolute atomic E-state index is 0.105. The van der Waals surface area contributed by atoms with E-state index in [9.17, 15) is 36.1 Å². The molecule has 1 heterocycles. The summed E-state index contributed by atoms with van der Waals surface area (Å²) in [6, 6.07) is 1.47. The molecule has 2 aliphatic rings. The molecule has 0 atom stereocenters. The number of esters is 1. The van der Waals surface area contributed by atoms with Gasteiger partial charge in [-0.25, -0.2) is 18.1 Å². The SMILES string of the molecule is O=C(OCC(F)(F)S(=O)(=O)[O-])c1c(I)cc(I)c(N2C(=O)C3=C(CCCC3)C2=O)c1I. The maximum absolute atomic E-state index is 13.4. The average Bonchev–Trinajstić information content (AvgIpc) is 2.91. The third kappa shape index (κ3) is 4.63. The summed E-state index contributed by atoms with van der Waals surface area (Å²) in [7, 11) is -6.02. The van der Waals surface area contributed by atoms with Crippen molar-refractivity contribution in [1.29, 1.82) is 0 Å². The number of carbonyl (C=O) groups is 3. The maximum Gasteiger partial charge on any atom is 0.367 e. The number of anilines is 1. The van der Waals surface area contributed by atoms with Crippen LogP contribution in [-0.4, -0.2) is 42.6 Å². The van der Waals surface area contributed by atoms with E-state index in [0.29, 0.717) is 27.6 Å². The molecular formula is C17H11F2I3NO7S-. The molecule has 1 aromatic carbocycles. The van der Waals surface area contributed by atoms with Gasteiger partial charge in [-0.15, -0.1) is 0 Å².